The highest BCUT2D eigenvalue weighted by Gasteiger charge is 2.11. The fourth-order valence-electron chi connectivity index (χ4n) is 1.51. The van der Waals surface area contributed by atoms with Crippen molar-refractivity contribution in [1.29, 1.82) is 0 Å². The Balaban J connectivity index is 2.34. The predicted octanol–water partition coefficient (Wildman–Crippen LogP) is 4.08. The number of aliphatic hydroxyl groups excluding tert-OH is 1. The van der Waals surface area contributed by atoms with Crippen LogP contribution < -0.4 is 0 Å². The van der Waals surface area contributed by atoms with E-state index in [4.69, 9.17) is 23.2 Å². The summed E-state index contributed by atoms with van der Waals surface area (Å²) in [4.78, 5) is 0. The molecule has 82 valence electrons. The minimum atomic E-state index is -0.670. The molecule has 0 heterocycles. The zero-order valence-corrected chi connectivity index (χ0v) is 9.91. The maximum Gasteiger partial charge on any atom is 0.104 e. The molecular formula is C13H10Cl2O. The number of rotatable bonds is 2. The molecule has 1 atom stereocenters. The van der Waals surface area contributed by atoms with Gasteiger partial charge < -0.3 is 5.11 Å². The van der Waals surface area contributed by atoms with Gasteiger partial charge >= 0.3 is 0 Å². The second kappa shape index (κ2) is 4.88. The van der Waals surface area contributed by atoms with Gasteiger partial charge in [0.05, 0.1) is 10.0 Å². The van der Waals surface area contributed by atoms with Crippen molar-refractivity contribution >= 4 is 23.2 Å². The summed E-state index contributed by atoms with van der Waals surface area (Å²) in [6, 6.07) is 14.6. The van der Waals surface area contributed by atoms with Crippen LogP contribution in [0.1, 0.15) is 17.2 Å². The number of hydrogen-bond acceptors (Lipinski definition) is 1. The molecule has 0 amide bonds. The zero-order chi connectivity index (χ0) is 11.5. The maximum absolute atomic E-state index is 10.1. The van der Waals surface area contributed by atoms with Crippen molar-refractivity contribution in [2.24, 2.45) is 0 Å². The summed E-state index contributed by atoms with van der Waals surface area (Å²) in [5.41, 5.74) is 1.57. The highest BCUT2D eigenvalue weighted by atomic mass is 35.5. The molecule has 1 nitrogen and oxygen atoms in total. The molecular weight excluding hydrogens is 243 g/mol. The van der Waals surface area contributed by atoms with Gasteiger partial charge in [-0.2, -0.15) is 0 Å². The third-order valence-electron chi connectivity index (χ3n) is 2.37. The first-order valence-electron chi connectivity index (χ1n) is 4.86. The van der Waals surface area contributed by atoms with Gasteiger partial charge in [-0.05, 0) is 23.3 Å². The normalized spacial score (nSPS) is 12.4. The number of benzene rings is 2. The third kappa shape index (κ3) is 2.38. The van der Waals surface area contributed by atoms with Gasteiger partial charge in [0.2, 0.25) is 0 Å². The van der Waals surface area contributed by atoms with Crippen LogP contribution >= 0.6 is 23.2 Å². The average molecular weight is 253 g/mol. The Hall–Kier alpha value is -1.02. The molecule has 0 saturated carbocycles. The minimum Gasteiger partial charge on any atom is -0.384 e. The van der Waals surface area contributed by atoms with Crippen molar-refractivity contribution in [3.8, 4) is 0 Å². The van der Waals surface area contributed by atoms with Gasteiger partial charge in [-0.3, -0.25) is 0 Å². The molecule has 0 saturated heterocycles. The van der Waals surface area contributed by atoms with E-state index in [-0.39, 0.29) is 0 Å². The summed E-state index contributed by atoms with van der Waals surface area (Å²) in [5, 5.41) is 11.0. The third-order valence-corrected chi connectivity index (χ3v) is 3.11. The van der Waals surface area contributed by atoms with Crippen LogP contribution in [0.4, 0.5) is 0 Å². The molecule has 0 aliphatic carbocycles. The standard InChI is InChI=1S/C13H10Cl2O/c14-11-7-6-10(8-12(11)15)13(16)9-4-2-1-3-5-9/h1-8,13,16H/t13-/m1/s1. The fourth-order valence-corrected chi connectivity index (χ4v) is 1.82. The maximum atomic E-state index is 10.1. The minimum absolute atomic E-state index is 0.453. The van der Waals surface area contributed by atoms with E-state index in [1.165, 1.54) is 0 Å². The van der Waals surface area contributed by atoms with Crippen molar-refractivity contribution in [2.45, 2.75) is 6.10 Å². The van der Waals surface area contributed by atoms with Gasteiger partial charge in [0.15, 0.2) is 0 Å². The Labute approximate surface area is 104 Å². The van der Waals surface area contributed by atoms with Gasteiger partial charge in [-0.1, -0.05) is 59.6 Å². The van der Waals surface area contributed by atoms with E-state index < -0.39 is 6.10 Å². The summed E-state index contributed by atoms with van der Waals surface area (Å²) in [6.45, 7) is 0. The van der Waals surface area contributed by atoms with Crippen LogP contribution in [0, 0.1) is 0 Å². The molecule has 0 aromatic heterocycles. The van der Waals surface area contributed by atoms with E-state index in [1.54, 1.807) is 18.2 Å². The summed E-state index contributed by atoms with van der Waals surface area (Å²) < 4.78 is 0. The van der Waals surface area contributed by atoms with E-state index in [0.29, 0.717) is 10.0 Å². The van der Waals surface area contributed by atoms with Crippen molar-refractivity contribution < 1.29 is 5.11 Å². The van der Waals surface area contributed by atoms with E-state index in [0.717, 1.165) is 11.1 Å². The Morgan fingerprint density at radius 1 is 0.812 bits per heavy atom. The highest BCUT2D eigenvalue weighted by molar-refractivity contribution is 6.42. The van der Waals surface area contributed by atoms with Crippen LogP contribution in [0.5, 0.6) is 0 Å². The van der Waals surface area contributed by atoms with E-state index in [9.17, 15) is 5.11 Å². The summed E-state index contributed by atoms with van der Waals surface area (Å²) in [7, 11) is 0. The Kier molecular flexibility index (Phi) is 3.49. The van der Waals surface area contributed by atoms with Crippen LogP contribution in [-0.2, 0) is 0 Å². The van der Waals surface area contributed by atoms with E-state index in [1.807, 2.05) is 30.3 Å². The van der Waals surface area contributed by atoms with Crippen molar-refractivity contribution in [3.63, 3.8) is 0 Å². The van der Waals surface area contributed by atoms with Crippen LogP contribution in [-0.4, -0.2) is 5.11 Å². The second-order valence-electron chi connectivity index (χ2n) is 3.49. The first-order chi connectivity index (χ1) is 7.68. The molecule has 0 radical (unpaired) electrons. The van der Waals surface area contributed by atoms with E-state index in [2.05, 4.69) is 0 Å². The molecule has 2 aromatic carbocycles. The Bertz CT molecular complexity index is 483. The second-order valence-corrected chi connectivity index (χ2v) is 4.30. The molecule has 2 aromatic rings. The monoisotopic (exact) mass is 252 g/mol. The van der Waals surface area contributed by atoms with Crippen LogP contribution in [0.2, 0.25) is 10.0 Å². The molecule has 3 heteroatoms. The smallest absolute Gasteiger partial charge is 0.104 e. The van der Waals surface area contributed by atoms with Crippen molar-refractivity contribution in [2.75, 3.05) is 0 Å². The lowest BCUT2D eigenvalue weighted by atomic mass is 10.0. The molecule has 0 bridgehead atoms. The van der Waals surface area contributed by atoms with Gasteiger partial charge in [0.25, 0.3) is 0 Å². The van der Waals surface area contributed by atoms with Crippen molar-refractivity contribution in [3.05, 3.63) is 69.7 Å². The average Bonchev–Trinajstić information content (AvgIpc) is 2.33. The van der Waals surface area contributed by atoms with E-state index >= 15 is 0 Å². The van der Waals surface area contributed by atoms with Crippen LogP contribution in [0.15, 0.2) is 48.5 Å². The van der Waals surface area contributed by atoms with Gasteiger partial charge in [-0.25, -0.2) is 0 Å². The van der Waals surface area contributed by atoms with Crippen LogP contribution in [0.3, 0.4) is 0 Å². The first kappa shape index (κ1) is 11.5. The number of aliphatic hydroxyl groups is 1. The SMILES string of the molecule is O[C@H](c1ccccc1)c1ccc(Cl)c(Cl)c1. The summed E-state index contributed by atoms with van der Waals surface area (Å²) in [6.07, 6.45) is -0.670. The lowest BCUT2D eigenvalue weighted by molar-refractivity contribution is 0.220. The molecule has 0 fully saturated rings. The Morgan fingerprint density at radius 3 is 2.12 bits per heavy atom. The quantitative estimate of drug-likeness (QED) is 0.855. The largest absolute Gasteiger partial charge is 0.384 e. The number of halogens is 2. The topological polar surface area (TPSA) is 20.2 Å². The lowest BCUT2D eigenvalue weighted by Gasteiger charge is -2.11. The zero-order valence-electron chi connectivity index (χ0n) is 8.40. The summed E-state index contributed by atoms with van der Waals surface area (Å²) >= 11 is 11.7. The number of hydrogen-bond donors (Lipinski definition) is 1. The molecule has 0 aliphatic rings. The molecule has 1 N–H and O–H groups in total. The first-order valence-corrected chi connectivity index (χ1v) is 5.62. The lowest BCUT2D eigenvalue weighted by Crippen LogP contribution is -1.98. The van der Waals surface area contributed by atoms with Gasteiger partial charge in [0.1, 0.15) is 6.10 Å². The molecule has 2 rings (SSSR count). The fraction of sp³-hybridized carbons (Fsp3) is 0.0769. The van der Waals surface area contributed by atoms with Gasteiger partial charge in [-0.15, -0.1) is 0 Å². The Morgan fingerprint density at radius 2 is 1.50 bits per heavy atom. The molecule has 16 heavy (non-hydrogen) atoms. The molecule has 0 spiro atoms. The van der Waals surface area contributed by atoms with Crippen molar-refractivity contribution in [1.82, 2.24) is 0 Å². The highest BCUT2D eigenvalue weighted by Crippen LogP contribution is 2.28. The predicted molar refractivity (Wildman–Crippen MR) is 67.0 cm³/mol. The molecule has 0 unspecified atom stereocenters. The molecule has 0 aliphatic heterocycles. The van der Waals surface area contributed by atoms with Crippen LogP contribution in [0.25, 0.3) is 0 Å². The van der Waals surface area contributed by atoms with Gasteiger partial charge in [0, 0.05) is 0 Å². The summed E-state index contributed by atoms with van der Waals surface area (Å²) in [5.74, 6) is 0.